The zero-order chi connectivity index (χ0) is 23.4. The van der Waals surface area contributed by atoms with Gasteiger partial charge in [-0.15, -0.1) is 0 Å². The number of rotatable bonds is 6. The Hall–Kier alpha value is -4.45. The molecule has 0 saturated heterocycles. The van der Waals surface area contributed by atoms with Crippen LogP contribution in [-0.2, 0) is 7.05 Å². The molecule has 4 rings (SSSR count). The fourth-order valence-corrected chi connectivity index (χ4v) is 3.38. The molecular weight excluding hydrogens is 414 g/mol. The summed E-state index contributed by atoms with van der Waals surface area (Å²) in [6, 6.07) is 24.4. The average Bonchev–Trinajstić information content (AvgIpc) is 3.26. The average molecular weight is 437 g/mol. The van der Waals surface area contributed by atoms with Crippen molar-refractivity contribution in [2.24, 2.45) is 7.05 Å². The van der Waals surface area contributed by atoms with E-state index in [2.05, 4.69) is 10.6 Å². The minimum Gasteiger partial charge on any atom is -0.347 e. The zero-order valence-corrected chi connectivity index (χ0v) is 18.3. The Morgan fingerprint density at radius 3 is 1.61 bits per heavy atom. The number of ketones is 1. The molecule has 3 aromatic carbocycles. The summed E-state index contributed by atoms with van der Waals surface area (Å²) in [4.78, 5) is 37.5. The first-order chi connectivity index (χ1) is 15.9. The van der Waals surface area contributed by atoms with E-state index >= 15 is 0 Å². The van der Waals surface area contributed by atoms with Gasteiger partial charge in [-0.3, -0.25) is 14.4 Å². The molecule has 0 fully saturated rings. The zero-order valence-electron chi connectivity index (χ0n) is 18.3. The maximum atomic E-state index is 12.8. The van der Waals surface area contributed by atoms with Crippen LogP contribution < -0.4 is 10.6 Å². The molecule has 0 bridgehead atoms. The molecule has 0 aliphatic heterocycles. The fourth-order valence-electron chi connectivity index (χ4n) is 3.38. The Morgan fingerprint density at radius 2 is 1.12 bits per heavy atom. The Bertz CT molecular complexity index is 1300. The van der Waals surface area contributed by atoms with Crippen LogP contribution in [0.2, 0.25) is 0 Å². The van der Waals surface area contributed by atoms with Gasteiger partial charge in [0.15, 0.2) is 5.78 Å². The number of anilines is 2. The first-order valence-corrected chi connectivity index (χ1v) is 10.5. The summed E-state index contributed by atoms with van der Waals surface area (Å²) in [6.07, 6.45) is 1.80. The number of nitrogens with one attached hydrogen (secondary N) is 2. The summed E-state index contributed by atoms with van der Waals surface area (Å²) >= 11 is 0. The SMILES string of the molecule is Cc1ccc(C(=O)Nc2ccc(C(=O)c3ccc(NC(=O)c4cccn4C)cc3)cc2)cc1. The van der Waals surface area contributed by atoms with Gasteiger partial charge >= 0.3 is 0 Å². The van der Waals surface area contributed by atoms with E-state index in [0.29, 0.717) is 33.8 Å². The molecule has 6 heteroatoms. The van der Waals surface area contributed by atoms with Gasteiger partial charge in [-0.05, 0) is 79.7 Å². The predicted octanol–water partition coefficient (Wildman–Crippen LogP) is 5.07. The normalized spacial score (nSPS) is 10.5. The number of nitrogens with zero attached hydrogens (tertiary/aromatic N) is 1. The highest BCUT2D eigenvalue weighted by Gasteiger charge is 2.12. The van der Waals surface area contributed by atoms with Gasteiger partial charge in [0.05, 0.1) is 0 Å². The molecule has 164 valence electrons. The highest BCUT2D eigenvalue weighted by molar-refractivity contribution is 6.10. The van der Waals surface area contributed by atoms with E-state index in [9.17, 15) is 14.4 Å². The van der Waals surface area contributed by atoms with Crippen molar-refractivity contribution in [1.29, 1.82) is 0 Å². The van der Waals surface area contributed by atoms with Crippen molar-refractivity contribution in [3.63, 3.8) is 0 Å². The largest absolute Gasteiger partial charge is 0.347 e. The molecule has 1 aromatic heterocycles. The fraction of sp³-hybridized carbons (Fsp3) is 0.0741. The third-order valence-electron chi connectivity index (χ3n) is 5.30. The molecule has 4 aromatic rings. The van der Waals surface area contributed by atoms with Gasteiger partial charge in [-0.1, -0.05) is 17.7 Å². The molecule has 2 N–H and O–H groups in total. The molecule has 0 unspecified atom stereocenters. The van der Waals surface area contributed by atoms with Crippen molar-refractivity contribution in [1.82, 2.24) is 4.57 Å². The van der Waals surface area contributed by atoms with Gasteiger partial charge < -0.3 is 15.2 Å². The highest BCUT2D eigenvalue weighted by Crippen LogP contribution is 2.17. The lowest BCUT2D eigenvalue weighted by Crippen LogP contribution is -2.15. The monoisotopic (exact) mass is 437 g/mol. The number of aryl methyl sites for hydroxylation is 2. The van der Waals surface area contributed by atoms with Crippen molar-refractivity contribution >= 4 is 29.0 Å². The first-order valence-electron chi connectivity index (χ1n) is 10.5. The van der Waals surface area contributed by atoms with Gasteiger partial charge in [0.25, 0.3) is 11.8 Å². The van der Waals surface area contributed by atoms with E-state index in [1.165, 1.54) is 0 Å². The third kappa shape index (κ3) is 5.07. The van der Waals surface area contributed by atoms with Crippen LogP contribution >= 0.6 is 0 Å². The summed E-state index contributed by atoms with van der Waals surface area (Å²) in [5, 5.41) is 5.65. The molecule has 6 nitrogen and oxygen atoms in total. The minimum atomic E-state index is -0.218. The Labute approximate surface area is 191 Å². The Morgan fingerprint density at radius 1 is 0.636 bits per heavy atom. The summed E-state index contributed by atoms with van der Waals surface area (Å²) < 4.78 is 1.74. The van der Waals surface area contributed by atoms with E-state index in [4.69, 9.17) is 0 Å². The molecule has 33 heavy (non-hydrogen) atoms. The second kappa shape index (κ2) is 9.36. The summed E-state index contributed by atoms with van der Waals surface area (Å²) in [7, 11) is 1.80. The van der Waals surface area contributed by atoms with E-state index in [0.717, 1.165) is 5.56 Å². The first kappa shape index (κ1) is 21.8. The predicted molar refractivity (Wildman–Crippen MR) is 129 cm³/mol. The van der Waals surface area contributed by atoms with Gasteiger partial charge in [0.2, 0.25) is 0 Å². The van der Waals surface area contributed by atoms with Crippen LogP contribution in [0.3, 0.4) is 0 Å². The lowest BCUT2D eigenvalue weighted by molar-refractivity contribution is 0.101. The van der Waals surface area contributed by atoms with E-state index < -0.39 is 0 Å². The molecule has 0 saturated carbocycles. The number of carbonyl (C=O) groups excluding carboxylic acids is 3. The van der Waals surface area contributed by atoms with Crippen molar-refractivity contribution in [2.45, 2.75) is 6.92 Å². The molecule has 0 radical (unpaired) electrons. The minimum absolute atomic E-state index is 0.147. The second-order valence-corrected chi connectivity index (χ2v) is 7.76. The van der Waals surface area contributed by atoms with E-state index in [1.54, 1.807) is 90.6 Å². The molecule has 1 heterocycles. The Balaban J connectivity index is 1.39. The van der Waals surface area contributed by atoms with Crippen LogP contribution in [0, 0.1) is 6.92 Å². The summed E-state index contributed by atoms with van der Waals surface area (Å²) in [5.74, 6) is -0.571. The smallest absolute Gasteiger partial charge is 0.272 e. The number of amides is 2. The van der Waals surface area contributed by atoms with Gasteiger partial charge in [-0.25, -0.2) is 0 Å². The van der Waals surface area contributed by atoms with Crippen molar-refractivity contribution < 1.29 is 14.4 Å². The van der Waals surface area contributed by atoms with Crippen molar-refractivity contribution in [3.8, 4) is 0 Å². The van der Waals surface area contributed by atoms with E-state index in [1.807, 2.05) is 19.1 Å². The molecule has 0 aliphatic rings. The summed E-state index contributed by atoms with van der Waals surface area (Å²) in [5.41, 5.74) is 4.42. The van der Waals surface area contributed by atoms with Crippen LogP contribution in [0.15, 0.2) is 91.1 Å². The lowest BCUT2D eigenvalue weighted by Gasteiger charge is -2.08. The van der Waals surface area contributed by atoms with Gasteiger partial charge in [0, 0.05) is 41.3 Å². The number of hydrogen-bond acceptors (Lipinski definition) is 3. The molecule has 2 amide bonds. The standard InChI is InChI=1S/C27H23N3O3/c1-18-5-7-21(8-6-18)26(32)28-22-13-9-19(10-14-22)25(31)20-11-15-23(16-12-20)29-27(33)24-4-3-17-30(24)2/h3-17H,1-2H3,(H,28,32)(H,29,33). The number of benzene rings is 3. The highest BCUT2D eigenvalue weighted by atomic mass is 16.2. The third-order valence-corrected chi connectivity index (χ3v) is 5.30. The Kier molecular flexibility index (Phi) is 6.17. The molecule has 0 spiro atoms. The van der Waals surface area contributed by atoms with Crippen LogP contribution in [0.1, 0.15) is 42.3 Å². The maximum Gasteiger partial charge on any atom is 0.272 e. The van der Waals surface area contributed by atoms with Gasteiger partial charge in [-0.2, -0.15) is 0 Å². The quantitative estimate of drug-likeness (QED) is 0.413. The number of aromatic nitrogens is 1. The maximum absolute atomic E-state index is 12.8. The van der Waals surface area contributed by atoms with Crippen LogP contribution in [0.25, 0.3) is 0 Å². The number of carbonyl (C=O) groups is 3. The van der Waals surface area contributed by atoms with Crippen LogP contribution in [0.5, 0.6) is 0 Å². The lowest BCUT2D eigenvalue weighted by atomic mass is 10.0. The molecular formula is C27H23N3O3. The van der Waals surface area contributed by atoms with E-state index in [-0.39, 0.29) is 17.6 Å². The van der Waals surface area contributed by atoms with Gasteiger partial charge in [0.1, 0.15) is 5.69 Å². The molecule has 0 atom stereocenters. The van der Waals surface area contributed by atoms with Crippen molar-refractivity contribution in [3.05, 3.63) is 119 Å². The topological polar surface area (TPSA) is 80.2 Å². The second-order valence-electron chi connectivity index (χ2n) is 7.76. The van der Waals surface area contributed by atoms with Crippen molar-refractivity contribution in [2.75, 3.05) is 10.6 Å². The molecule has 0 aliphatic carbocycles. The number of hydrogen-bond donors (Lipinski definition) is 2. The summed E-state index contributed by atoms with van der Waals surface area (Å²) in [6.45, 7) is 1.96. The van der Waals surface area contributed by atoms with Crippen LogP contribution in [-0.4, -0.2) is 22.2 Å². The van der Waals surface area contributed by atoms with Crippen LogP contribution in [0.4, 0.5) is 11.4 Å².